The molecule has 0 fully saturated rings. The molecule has 0 saturated carbocycles. The molecule has 0 aliphatic rings. The van der Waals surface area contributed by atoms with Crippen molar-refractivity contribution in [1.29, 1.82) is 0 Å². The van der Waals surface area contributed by atoms with E-state index in [9.17, 15) is 14.4 Å². The second-order valence-electron chi connectivity index (χ2n) is 2.34. The van der Waals surface area contributed by atoms with Crippen molar-refractivity contribution < 1.29 is 19.5 Å². The maximum absolute atomic E-state index is 10.9. The molecule has 0 bridgehead atoms. The van der Waals surface area contributed by atoms with Crippen molar-refractivity contribution in [1.82, 2.24) is 0 Å². The number of benzene rings is 1. The first-order chi connectivity index (χ1) is 6.20. The van der Waals surface area contributed by atoms with Crippen molar-refractivity contribution in [2.45, 2.75) is 0 Å². The molecule has 0 unspecified atom stereocenters. The summed E-state index contributed by atoms with van der Waals surface area (Å²) in [4.78, 5) is 31.5. The van der Waals surface area contributed by atoms with E-state index in [1.807, 2.05) is 0 Å². The zero-order valence-electron chi connectivity index (χ0n) is 6.56. The number of ketones is 1. The molecule has 0 spiro atoms. The monoisotopic (exact) mass is 178 g/mol. The van der Waals surface area contributed by atoms with Crippen LogP contribution >= 0.6 is 0 Å². The third kappa shape index (κ3) is 1.61. The molecule has 0 amide bonds. The van der Waals surface area contributed by atoms with Crippen LogP contribution in [0.1, 0.15) is 20.7 Å². The fraction of sp³-hybridized carbons (Fsp3) is 0. The highest BCUT2D eigenvalue weighted by Crippen LogP contribution is 2.18. The predicted octanol–water partition coefficient (Wildman–Crippen LogP) is 0.586. The summed E-state index contributed by atoms with van der Waals surface area (Å²) >= 11 is 0. The van der Waals surface area contributed by atoms with Gasteiger partial charge in [0.15, 0.2) is 12.6 Å². The van der Waals surface area contributed by atoms with Gasteiger partial charge in [-0.25, -0.2) is 0 Å². The van der Waals surface area contributed by atoms with Gasteiger partial charge in [-0.3, -0.25) is 14.4 Å². The Morgan fingerprint density at radius 3 is 2.54 bits per heavy atom. The number of phenols is 1. The van der Waals surface area contributed by atoms with E-state index in [0.717, 1.165) is 0 Å². The highest BCUT2D eigenvalue weighted by Gasteiger charge is 2.12. The zero-order chi connectivity index (χ0) is 9.84. The van der Waals surface area contributed by atoms with Gasteiger partial charge in [0.2, 0.25) is 5.78 Å². The van der Waals surface area contributed by atoms with Crippen LogP contribution in [0.15, 0.2) is 18.2 Å². The van der Waals surface area contributed by atoms with Gasteiger partial charge in [0.25, 0.3) is 0 Å². The minimum absolute atomic E-state index is 0.0787. The molecule has 0 heterocycles. The number of phenolic OH excluding ortho intramolecular Hbond substituents is 1. The van der Waals surface area contributed by atoms with Gasteiger partial charge < -0.3 is 5.11 Å². The average molecular weight is 178 g/mol. The Bertz CT molecular complexity index is 368. The van der Waals surface area contributed by atoms with Crippen molar-refractivity contribution in [3.63, 3.8) is 0 Å². The molecule has 1 N–H and O–H groups in total. The number of hydrogen-bond donors (Lipinski definition) is 1. The largest absolute Gasteiger partial charge is 0.507 e. The molecule has 0 aromatic heterocycles. The lowest BCUT2D eigenvalue weighted by Gasteiger charge is -2.00. The lowest BCUT2D eigenvalue weighted by Crippen LogP contribution is -2.04. The van der Waals surface area contributed by atoms with Crippen LogP contribution in [0, 0.1) is 0 Å². The Hall–Kier alpha value is -1.97. The summed E-state index contributed by atoms with van der Waals surface area (Å²) in [5, 5.41) is 9.14. The Morgan fingerprint density at radius 2 is 2.00 bits per heavy atom. The molecule has 0 aliphatic heterocycles. The predicted molar refractivity (Wildman–Crippen MR) is 43.9 cm³/mol. The number of aromatic hydroxyl groups is 1. The smallest absolute Gasteiger partial charge is 0.226 e. The second kappa shape index (κ2) is 3.62. The van der Waals surface area contributed by atoms with Crippen molar-refractivity contribution in [3.05, 3.63) is 29.3 Å². The Balaban J connectivity index is 3.35. The molecule has 1 rings (SSSR count). The topological polar surface area (TPSA) is 71.4 Å². The van der Waals surface area contributed by atoms with Crippen LogP contribution in [-0.2, 0) is 4.79 Å². The standard InChI is InChI=1S/C9H6O4/c10-4-7-6(9(13)5-11)2-1-3-8(7)12/h1-5,12H. The Labute approximate surface area is 73.8 Å². The highest BCUT2D eigenvalue weighted by molar-refractivity contribution is 6.34. The quantitative estimate of drug-likeness (QED) is 0.417. The number of hydrogen-bond acceptors (Lipinski definition) is 4. The van der Waals surface area contributed by atoms with Crippen LogP contribution in [0.3, 0.4) is 0 Å². The molecule has 66 valence electrons. The minimum atomic E-state index is -0.821. The molecular formula is C9H6O4. The lowest BCUT2D eigenvalue weighted by atomic mass is 10.0. The molecule has 0 radical (unpaired) electrons. The summed E-state index contributed by atoms with van der Waals surface area (Å²) in [5.74, 6) is -1.12. The van der Waals surface area contributed by atoms with Crippen molar-refractivity contribution >= 4 is 18.4 Å². The molecule has 13 heavy (non-hydrogen) atoms. The van der Waals surface area contributed by atoms with Crippen LogP contribution in [0.5, 0.6) is 5.75 Å². The van der Waals surface area contributed by atoms with Gasteiger partial charge in [0, 0.05) is 5.56 Å². The minimum Gasteiger partial charge on any atom is -0.507 e. The SMILES string of the molecule is O=CC(=O)c1cccc(O)c1C=O. The normalized spacial score (nSPS) is 9.23. The third-order valence-corrected chi connectivity index (χ3v) is 1.57. The number of carbonyl (C=O) groups is 3. The van der Waals surface area contributed by atoms with Crippen LogP contribution in [0.25, 0.3) is 0 Å². The number of carbonyl (C=O) groups excluding carboxylic acids is 3. The summed E-state index contributed by atoms with van der Waals surface area (Å²) in [5.41, 5.74) is -0.232. The first kappa shape index (κ1) is 9.12. The van der Waals surface area contributed by atoms with Crippen LogP contribution < -0.4 is 0 Å². The van der Waals surface area contributed by atoms with Crippen molar-refractivity contribution in [2.75, 3.05) is 0 Å². The van der Waals surface area contributed by atoms with Gasteiger partial charge in [-0.05, 0) is 12.1 Å². The van der Waals surface area contributed by atoms with E-state index in [1.165, 1.54) is 18.2 Å². The first-order valence-electron chi connectivity index (χ1n) is 3.47. The van der Waals surface area contributed by atoms with Gasteiger partial charge in [0.1, 0.15) is 5.75 Å². The molecule has 4 nitrogen and oxygen atoms in total. The van der Waals surface area contributed by atoms with E-state index in [4.69, 9.17) is 5.11 Å². The van der Waals surface area contributed by atoms with E-state index in [1.54, 1.807) is 0 Å². The van der Waals surface area contributed by atoms with Gasteiger partial charge in [-0.15, -0.1) is 0 Å². The van der Waals surface area contributed by atoms with Crippen LogP contribution in [0.4, 0.5) is 0 Å². The third-order valence-electron chi connectivity index (χ3n) is 1.57. The van der Waals surface area contributed by atoms with E-state index in [0.29, 0.717) is 6.29 Å². The first-order valence-corrected chi connectivity index (χ1v) is 3.47. The molecule has 1 aromatic rings. The van der Waals surface area contributed by atoms with E-state index in [-0.39, 0.29) is 23.2 Å². The highest BCUT2D eigenvalue weighted by atomic mass is 16.3. The maximum atomic E-state index is 10.9. The summed E-state index contributed by atoms with van der Waals surface area (Å²) in [6, 6.07) is 3.96. The Morgan fingerprint density at radius 1 is 1.31 bits per heavy atom. The molecule has 0 atom stereocenters. The maximum Gasteiger partial charge on any atom is 0.226 e. The average Bonchev–Trinajstić information content (AvgIpc) is 2.16. The molecule has 4 heteroatoms. The summed E-state index contributed by atoms with van der Waals surface area (Å²) in [7, 11) is 0. The van der Waals surface area contributed by atoms with Gasteiger partial charge in [-0.2, -0.15) is 0 Å². The molecule has 0 aliphatic carbocycles. The van der Waals surface area contributed by atoms with E-state index >= 15 is 0 Å². The number of Topliss-reactive ketones (excluding diaryl/α,β-unsaturated/α-hetero) is 1. The lowest BCUT2D eigenvalue weighted by molar-refractivity contribution is -0.104. The van der Waals surface area contributed by atoms with Crippen LogP contribution in [0.2, 0.25) is 0 Å². The van der Waals surface area contributed by atoms with Gasteiger partial charge >= 0.3 is 0 Å². The second-order valence-corrected chi connectivity index (χ2v) is 2.34. The van der Waals surface area contributed by atoms with Crippen LogP contribution in [-0.4, -0.2) is 23.5 Å². The number of rotatable bonds is 3. The van der Waals surface area contributed by atoms with Gasteiger partial charge in [-0.1, -0.05) is 6.07 Å². The summed E-state index contributed by atoms with van der Waals surface area (Å²) < 4.78 is 0. The molecular weight excluding hydrogens is 172 g/mol. The van der Waals surface area contributed by atoms with E-state index < -0.39 is 5.78 Å². The van der Waals surface area contributed by atoms with Gasteiger partial charge in [0.05, 0.1) is 5.56 Å². The van der Waals surface area contributed by atoms with Crippen molar-refractivity contribution in [3.8, 4) is 5.75 Å². The number of aldehydes is 2. The fourth-order valence-electron chi connectivity index (χ4n) is 0.955. The zero-order valence-corrected chi connectivity index (χ0v) is 6.56. The molecule has 1 aromatic carbocycles. The Kier molecular flexibility index (Phi) is 2.54. The van der Waals surface area contributed by atoms with Crippen molar-refractivity contribution in [2.24, 2.45) is 0 Å². The fourth-order valence-corrected chi connectivity index (χ4v) is 0.955. The molecule has 0 saturated heterocycles. The van der Waals surface area contributed by atoms with E-state index in [2.05, 4.69) is 0 Å². The summed E-state index contributed by atoms with van der Waals surface area (Å²) in [6.45, 7) is 0. The summed E-state index contributed by atoms with van der Waals surface area (Å²) in [6.07, 6.45) is 0.438.